The topological polar surface area (TPSA) is 21.8 Å². The minimum atomic E-state index is -5.49. The van der Waals surface area contributed by atoms with Crippen LogP contribution in [-0.4, -0.2) is 38.0 Å². The highest BCUT2D eigenvalue weighted by atomic mass is 19.4. The van der Waals surface area contributed by atoms with Gasteiger partial charge in [-0.05, 0) is 0 Å². The van der Waals surface area contributed by atoms with Crippen molar-refractivity contribution in [3.63, 3.8) is 0 Å². The summed E-state index contributed by atoms with van der Waals surface area (Å²) < 4.78 is 68.5. The minimum absolute atomic E-state index is 0.0773. The van der Waals surface area contributed by atoms with Gasteiger partial charge in [0.25, 0.3) is 0 Å². The standard InChI is InChI=1S/C7H9F5O2/c8-6(9,7(10,11)12)1-2-13-3-5-4-14-5/h5H,1-4H2. The summed E-state index contributed by atoms with van der Waals surface area (Å²) in [6, 6.07) is 0. The van der Waals surface area contributed by atoms with E-state index in [1.807, 2.05) is 0 Å². The van der Waals surface area contributed by atoms with Crippen molar-refractivity contribution in [1.82, 2.24) is 0 Å². The van der Waals surface area contributed by atoms with E-state index in [0.717, 1.165) is 0 Å². The summed E-state index contributed by atoms with van der Waals surface area (Å²) in [6.07, 6.45) is -6.97. The molecule has 0 amide bonds. The second kappa shape index (κ2) is 3.98. The van der Waals surface area contributed by atoms with Crippen molar-refractivity contribution in [3.8, 4) is 0 Å². The molecule has 1 fully saturated rings. The summed E-state index contributed by atoms with van der Waals surface area (Å²) in [5.74, 6) is -4.67. The van der Waals surface area contributed by atoms with Crippen LogP contribution in [0.3, 0.4) is 0 Å². The van der Waals surface area contributed by atoms with Gasteiger partial charge in [0.05, 0.1) is 19.8 Å². The van der Waals surface area contributed by atoms with Crippen molar-refractivity contribution < 1.29 is 31.4 Å². The van der Waals surface area contributed by atoms with E-state index in [9.17, 15) is 22.0 Å². The van der Waals surface area contributed by atoms with E-state index < -0.39 is 25.1 Å². The molecule has 0 aromatic heterocycles. The van der Waals surface area contributed by atoms with Gasteiger partial charge >= 0.3 is 12.1 Å². The molecule has 0 aliphatic carbocycles. The first kappa shape index (κ1) is 11.6. The molecule has 1 atom stereocenters. The Morgan fingerprint density at radius 1 is 1.21 bits per heavy atom. The molecule has 1 saturated heterocycles. The largest absolute Gasteiger partial charge is 0.453 e. The Morgan fingerprint density at radius 2 is 1.79 bits per heavy atom. The van der Waals surface area contributed by atoms with Gasteiger partial charge in [-0.2, -0.15) is 22.0 Å². The van der Waals surface area contributed by atoms with Gasteiger partial charge in [-0.15, -0.1) is 0 Å². The normalized spacial score (nSPS) is 22.5. The zero-order chi connectivity index (χ0) is 10.8. The molecule has 1 unspecified atom stereocenters. The van der Waals surface area contributed by atoms with Gasteiger partial charge in [-0.25, -0.2) is 0 Å². The van der Waals surface area contributed by atoms with Crippen molar-refractivity contribution in [3.05, 3.63) is 0 Å². The summed E-state index contributed by atoms with van der Waals surface area (Å²) in [4.78, 5) is 0. The molecule has 0 radical (unpaired) electrons. The van der Waals surface area contributed by atoms with Gasteiger partial charge in [0.2, 0.25) is 0 Å². The van der Waals surface area contributed by atoms with E-state index in [0.29, 0.717) is 6.61 Å². The molecular weight excluding hydrogens is 211 g/mol. The van der Waals surface area contributed by atoms with E-state index in [4.69, 9.17) is 0 Å². The average Bonchev–Trinajstić information content (AvgIpc) is 2.79. The molecule has 2 nitrogen and oxygen atoms in total. The first-order valence-electron chi connectivity index (χ1n) is 3.97. The van der Waals surface area contributed by atoms with Crippen molar-refractivity contribution in [2.24, 2.45) is 0 Å². The summed E-state index contributed by atoms with van der Waals surface area (Å²) >= 11 is 0. The van der Waals surface area contributed by atoms with Gasteiger partial charge in [-0.1, -0.05) is 0 Å². The zero-order valence-electron chi connectivity index (χ0n) is 7.11. The van der Waals surface area contributed by atoms with E-state index in [-0.39, 0.29) is 12.7 Å². The van der Waals surface area contributed by atoms with Crippen LogP contribution in [0, 0.1) is 0 Å². The number of hydrogen-bond acceptors (Lipinski definition) is 2. The number of alkyl halides is 5. The van der Waals surface area contributed by atoms with E-state index in [1.54, 1.807) is 0 Å². The molecule has 14 heavy (non-hydrogen) atoms. The maximum atomic E-state index is 12.2. The molecule has 1 rings (SSSR count). The van der Waals surface area contributed by atoms with Gasteiger partial charge < -0.3 is 9.47 Å². The highest BCUT2D eigenvalue weighted by molar-refractivity contribution is 4.75. The molecule has 0 spiro atoms. The lowest BCUT2D eigenvalue weighted by Crippen LogP contribution is -2.37. The number of epoxide rings is 1. The Morgan fingerprint density at radius 3 is 2.21 bits per heavy atom. The molecule has 7 heteroatoms. The Balaban J connectivity index is 2.14. The fraction of sp³-hybridized carbons (Fsp3) is 1.00. The smallest absolute Gasteiger partial charge is 0.378 e. The van der Waals surface area contributed by atoms with E-state index >= 15 is 0 Å². The number of halogens is 5. The number of hydrogen-bond donors (Lipinski definition) is 0. The second-order valence-electron chi connectivity index (χ2n) is 2.98. The molecule has 1 heterocycles. The molecule has 0 N–H and O–H groups in total. The van der Waals surface area contributed by atoms with Crippen LogP contribution in [0.1, 0.15) is 6.42 Å². The minimum Gasteiger partial charge on any atom is -0.378 e. The molecule has 0 aromatic rings. The fourth-order valence-electron chi connectivity index (χ4n) is 0.721. The van der Waals surface area contributed by atoms with Crippen molar-refractivity contribution in [2.75, 3.05) is 19.8 Å². The Labute approximate surface area is 77.0 Å². The quantitative estimate of drug-likeness (QED) is 0.401. The third-order valence-corrected chi connectivity index (χ3v) is 1.68. The van der Waals surface area contributed by atoms with Crippen LogP contribution in [0.4, 0.5) is 22.0 Å². The van der Waals surface area contributed by atoms with Crippen LogP contribution in [0.2, 0.25) is 0 Å². The Bertz CT molecular complexity index is 187. The van der Waals surface area contributed by atoms with Crippen LogP contribution >= 0.6 is 0 Å². The molecular formula is C7H9F5O2. The molecule has 0 saturated carbocycles. The van der Waals surface area contributed by atoms with Crippen LogP contribution in [0.15, 0.2) is 0 Å². The maximum Gasteiger partial charge on any atom is 0.453 e. The third-order valence-electron chi connectivity index (χ3n) is 1.68. The van der Waals surface area contributed by atoms with Crippen molar-refractivity contribution in [1.29, 1.82) is 0 Å². The second-order valence-corrected chi connectivity index (χ2v) is 2.98. The third kappa shape index (κ3) is 3.38. The average molecular weight is 220 g/mol. The highest BCUT2D eigenvalue weighted by Crippen LogP contribution is 2.37. The van der Waals surface area contributed by atoms with E-state index in [2.05, 4.69) is 9.47 Å². The first-order valence-corrected chi connectivity index (χ1v) is 3.97. The lowest BCUT2D eigenvalue weighted by atomic mass is 10.2. The van der Waals surface area contributed by atoms with Crippen LogP contribution in [-0.2, 0) is 9.47 Å². The maximum absolute atomic E-state index is 12.2. The molecule has 0 bridgehead atoms. The SMILES string of the molecule is FC(F)(F)C(F)(F)CCOCC1CO1. The van der Waals surface area contributed by atoms with Crippen molar-refractivity contribution in [2.45, 2.75) is 24.6 Å². The molecule has 84 valence electrons. The van der Waals surface area contributed by atoms with Crippen molar-refractivity contribution >= 4 is 0 Å². The molecule has 1 aliphatic rings. The predicted molar refractivity (Wildman–Crippen MR) is 36.2 cm³/mol. The molecule has 1 aliphatic heterocycles. The van der Waals surface area contributed by atoms with Crippen LogP contribution in [0.5, 0.6) is 0 Å². The van der Waals surface area contributed by atoms with Crippen LogP contribution in [0.25, 0.3) is 0 Å². The van der Waals surface area contributed by atoms with Gasteiger partial charge in [0, 0.05) is 6.42 Å². The van der Waals surface area contributed by atoms with Gasteiger partial charge in [-0.3, -0.25) is 0 Å². The summed E-state index contributed by atoms with van der Waals surface area (Å²) in [5, 5.41) is 0. The van der Waals surface area contributed by atoms with E-state index in [1.165, 1.54) is 0 Å². The summed E-state index contributed by atoms with van der Waals surface area (Å²) in [7, 11) is 0. The number of rotatable bonds is 5. The predicted octanol–water partition coefficient (Wildman–Crippen LogP) is 1.99. The lowest BCUT2D eigenvalue weighted by molar-refractivity contribution is -0.287. The molecule has 0 aromatic carbocycles. The Hall–Kier alpha value is -0.430. The van der Waals surface area contributed by atoms with Gasteiger partial charge in [0.1, 0.15) is 6.10 Å². The fourth-order valence-corrected chi connectivity index (χ4v) is 0.721. The van der Waals surface area contributed by atoms with Gasteiger partial charge in [0.15, 0.2) is 0 Å². The lowest BCUT2D eigenvalue weighted by Gasteiger charge is -2.18. The zero-order valence-corrected chi connectivity index (χ0v) is 7.11. The summed E-state index contributed by atoms with van der Waals surface area (Å²) in [5.41, 5.74) is 0. The summed E-state index contributed by atoms with van der Waals surface area (Å²) in [6.45, 7) is -0.0596. The highest BCUT2D eigenvalue weighted by Gasteiger charge is 2.56. The monoisotopic (exact) mass is 220 g/mol. The first-order chi connectivity index (χ1) is 6.33. The Kier molecular flexibility index (Phi) is 3.31. The van der Waals surface area contributed by atoms with Crippen LogP contribution < -0.4 is 0 Å². The number of ether oxygens (including phenoxy) is 2.